The average molecular weight is 373 g/mol. The van der Waals surface area contributed by atoms with E-state index in [9.17, 15) is 22.4 Å². The second-order valence-corrected chi connectivity index (χ2v) is 5.32. The van der Waals surface area contributed by atoms with Gasteiger partial charge < -0.3 is 5.32 Å². The van der Waals surface area contributed by atoms with Gasteiger partial charge in [0.25, 0.3) is 5.91 Å². The van der Waals surface area contributed by atoms with Crippen molar-refractivity contribution in [1.82, 2.24) is 5.32 Å². The van der Waals surface area contributed by atoms with Crippen molar-refractivity contribution in [3.63, 3.8) is 0 Å². The van der Waals surface area contributed by atoms with E-state index in [0.717, 1.165) is 12.1 Å². The fourth-order valence-electron chi connectivity index (χ4n) is 1.56. The molecule has 0 aromatic heterocycles. The second kappa shape index (κ2) is 4.36. The maximum atomic E-state index is 12.8. The van der Waals surface area contributed by atoms with Gasteiger partial charge in [-0.1, -0.05) is 0 Å². The van der Waals surface area contributed by atoms with E-state index in [1.165, 1.54) is 6.07 Å². The summed E-state index contributed by atoms with van der Waals surface area (Å²) >= 11 is 1.71. The monoisotopic (exact) mass is 373 g/mol. The van der Waals surface area contributed by atoms with Crippen molar-refractivity contribution in [2.24, 2.45) is 0 Å². The molecule has 1 fully saturated rings. The van der Waals surface area contributed by atoms with Crippen LogP contribution in [0.25, 0.3) is 0 Å². The second-order valence-electron chi connectivity index (χ2n) is 4.16. The number of alkyl halides is 3. The van der Waals surface area contributed by atoms with Crippen molar-refractivity contribution in [1.29, 1.82) is 0 Å². The molecule has 0 atom stereocenters. The molecule has 0 spiro atoms. The third-order valence-electron chi connectivity index (χ3n) is 2.82. The SMILES string of the molecule is O=C(NC1(C(F)(F)F)CC1)c1ccc(F)cc1I. The summed E-state index contributed by atoms with van der Waals surface area (Å²) in [4.78, 5) is 11.7. The van der Waals surface area contributed by atoms with Gasteiger partial charge in [0.2, 0.25) is 0 Å². The number of rotatable bonds is 2. The predicted octanol–water partition coefficient (Wildman–Crippen LogP) is 3.26. The van der Waals surface area contributed by atoms with Gasteiger partial charge >= 0.3 is 6.18 Å². The lowest BCUT2D eigenvalue weighted by atomic mass is 10.1. The van der Waals surface area contributed by atoms with Crippen molar-refractivity contribution < 1.29 is 22.4 Å². The van der Waals surface area contributed by atoms with E-state index in [1.807, 2.05) is 5.32 Å². The number of amides is 1. The smallest absolute Gasteiger partial charge is 0.338 e. The largest absolute Gasteiger partial charge is 0.411 e. The standard InChI is InChI=1S/C11H8F4INO/c12-6-1-2-7(8(16)5-6)9(18)17-10(3-4-10)11(13,14)15/h1-2,5H,3-4H2,(H,17,18). The molecule has 0 bridgehead atoms. The maximum Gasteiger partial charge on any atom is 0.411 e. The highest BCUT2D eigenvalue weighted by Crippen LogP contribution is 2.49. The van der Waals surface area contributed by atoms with Crippen molar-refractivity contribution in [2.75, 3.05) is 0 Å². The van der Waals surface area contributed by atoms with Crippen LogP contribution in [0, 0.1) is 9.39 Å². The van der Waals surface area contributed by atoms with Crippen LogP contribution in [0.2, 0.25) is 0 Å². The Balaban J connectivity index is 2.19. The first-order valence-electron chi connectivity index (χ1n) is 5.09. The lowest BCUT2D eigenvalue weighted by molar-refractivity contribution is -0.163. The molecule has 18 heavy (non-hydrogen) atoms. The molecule has 2 rings (SSSR count). The van der Waals surface area contributed by atoms with Gasteiger partial charge in [0.05, 0.1) is 5.56 Å². The number of hydrogen-bond donors (Lipinski definition) is 1. The topological polar surface area (TPSA) is 29.1 Å². The maximum absolute atomic E-state index is 12.8. The molecule has 1 amide bonds. The summed E-state index contributed by atoms with van der Waals surface area (Å²) in [6, 6.07) is 3.33. The lowest BCUT2D eigenvalue weighted by Gasteiger charge is -2.21. The number of carbonyl (C=O) groups excluding carboxylic acids is 1. The molecule has 1 aliphatic rings. The zero-order chi connectivity index (χ0) is 13.6. The molecular formula is C11H8F4INO. The van der Waals surface area contributed by atoms with Gasteiger partial charge in [-0.15, -0.1) is 0 Å². The third-order valence-corrected chi connectivity index (χ3v) is 3.71. The Morgan fingerprint density at radius 1 is 1.33 bits per heavy atom. The minimum Gasteiger partial charge on any atom is -0.338 e. The zero-order valence-corrected chi connectivity index (χ0v) is 11.1. The summed E-state index contributed by atoms with van der Waals surface area (Å²) < 4.78 is 51.1. The van der Waals surface area contributed by atoms with Gasteiger partial charge in [-0.3, -0.25) is 4.79 Å². The van der Waals surface area contributed by atoms with E-state index in [2.05, 4.69) is 0 Å². The molecule has 0 unspecified atom stereocenters. The van der Waals surface area contributed by atoms with Crippen LogP contribution in [0.3, 0.4) is 0 Å². The molecule has 0 aliphatic heterocycles. The van der Waals surface area contributed by atoms with E-state index in [-0.39, 0.29) is 22.0 Å². The van der Waals surface area contributed by atoms with E-state index in [0.29, 0.717) is 0 Å². The fourth-order valence-corrected chi connectivity index (χ4v) is 2.28. The minimum absolute atomic E-state index is 0.0486. The lowest BCUT2D eigenvalue weighted by Crippen LogP contribution is -2.48. The van der Waals surface area contributed by atoms with Gasteiger partial charge in [-0.05, 0) is 53.6 Å². The van der Waals surface area contributed by atoms with Crippen LogP contribution < -0.4 is 5.32 Å². The van der Waals surface area contributed by atoms with Gasteiger partial charge in [0, 0.05) is 3.57 Å². The van der Waals surface area contributed by atoms with Gasteiger partial charge in [-0.2, -0.15) is 13.2 Å². The van der Waals surface area contributed by atoms with Crippen molar-refractivity contribution in [2.45, 2.75) is 24.6 Å². The summed E-state index contributed by atoms with van der Waals surface area (Å²) in [6.07, 6.45) is -4.67. The normalized spacial score (nSPS) is 17.4. The molecule has 1 aromatic rings. The number of hydrogen-bond acceptors (Lipinski definition) is 1. The molecule has 0 radical (unpaired) electrons. The highest BCUT2D eigenvalue weighted by molar-refractivity contribution is 14.1. The van der Waals surface area contributed by atoms with Crippen molar-refractivity contribution in [3.8, 4) is 0 Å². The third kappa shape index (κ3) is 2.45. The van der Waals surface area contributed by atoms with Crippen LogP contribution in [0.5, 0.6) is 0 Å². The number of carbonyl (C=O) groups is 1. The predicted molar refractivity (Wildman–Crippen MR) is 64.6 cm³/mol. The minimum atomic E-state index is -4.45. The Bertz CT molecular complexity index is 496. The van der Waals surface area contributed by atoms with E-state index in [4.69, 9.17) is 0 Å². The fraction of sp³-hybridized carbons (Fsp3) is 0.364. The van der Waals surface area contributed by atoms with Crippen LogP contribution in [-0.2, 0) is 0 Å². The quantitative estimate of drug-likeness (QED) is 0.626. The summed E-state index contributed by atoms with van der Waals surface area (Å²) in [5, 5.41) is 1.99. The highest BCUT2D eigenvalue weighted by atomic mass is 127. The van der Waals surface area contributed by atoms with Crippen LogP contribution in [0.1, 0.15) is 23.2 Å². The highest BCUT2D eigenvalue weighted by Gasteiger charge is 2.64. The molecule has 1 aliphatic carbocycles. The van der Waals surface area contributed by atoms with Crippen LogP contribution in [0.15, 0.2) is 18.2 Å². The first-order valence-corrected chi connectivity index (χ1v) is 6.17. The molecule has 1 N–H and O–H groups in total. The molecule has 0 heterocycles. The summed E-state index contributed by atoms with van der Waals surface area (Å²) in [5.74, 6) is -1.36. The zero-order valence-electron chi connectivity index (χ0n) is 8.94. The number of halogens is 5. The Morgan fingerprint density at radius 2 is 1.94 bits per heavy atom. The average Bonchev–Trinajstić information content (AvgIpc) is 2.97. The van der Waals surface area contributed by atoms with E-state index >= 15 is 0 Å². The van der Waals surface area contributed by atoms with Crippen LogP contribution in [0.4, 0.5) is 17.6 Å². The van der Waals surface area contributed by atoms with Crippen molar-refractivity contribution >= 4 is 28.5 Å². The van der Waals surface area contributed by atoms with Crippen LogP contribution >= 0.6 is 22.6 Å². The molecular weight excluding hydrogens is 365 g/mol. The Hall–Kier alpha value is -0.860. The first kappa shape index (κ1) is 13.6. The first-order chi connectivity index (χ1) is 8.25. The number of nitrogens with one attached hydrogen (secondary N) is 1. The van der Waals surface area contributed by atoms with E-state index in [1.54, 1.807) is 22.6 Å². The Kier molecular flexibility index (Phi) is 3.28. The summed E-state index contributed by atoms with van der Waals surface area (Å²) in [7, 11) is 0. The summed E-state index contributed by atoms with van der Waals surface area (Å²) in [5.41, 5.74) is -2.05. The molecule has 98 valence electrons. The van der Waals surface area contributed by atoms with Gasteiger partial charge in [0.1, 0.15) is 11.4 Å². The van der Waals surface area contributed by atoms with Crippen LogP contribution in [-0.4, -0.2) is 17.6 Å². The molecule has 1 aromatic carbocycles. The van der Waals surface area contributed by atoms with Gasteiger partial charge in [0.15, 0.2) is 0 Å². The Morgan fingerprint density at radius 3 is 2.39 bits per heavy atom. The van der Waals surface area contributed by atoms with E-state index < -0.39 is 23.4 Å². The molecule has 2 nitrogen and oxygen atoms in total. The van der Waals surface area contributed by atoms with Gasteiger partial charge in [-0.25, -0.2) is 4.39 Å². The summed E-state index contributed by atoms with van der Waals surface area (Å²) in [6.45, 7) is 0. The molecule has 0 saturated heterocycles. The number of benzene rings is 1. The van der Waals surface area contributed by atoms with Crippen molar-refractivity contribution in [3.05, 3.63) is 33.1 Å². The Labute approximate surface area is 114 Å². The molecule has 1 saturated carbocycles. The molecule has 7 heteroatoms.